The topological polar surface area (TPSA) is 0 Å². The Balaban J connectivity index is 0.000000163. The number of aryl methyl sites for hydroxylation is 2. The van der Waals surface area contributed by atoms with Crippen molar-refractivity contribution in [2.24, 2.45) is 5.92 Å². The molecule has 0 radical (unpaired) electrons. The van der Waals surface area contributed by atoms with Crippen LogP contribution in [0.1, 0.15) is 56.4 Å². The zero-order valence-electron chi connectivity index (χ0n) is 25.5. The van der Waals surface area contributed by atoms with Crippen molar-refractivity contribution in [2.75, 3.05) is 0 Å². The van der Waals surface area contributed by atoms with Gasteiger partial charge in [0.05, 0.1) is 0 Å². The van der Waals surface area contributed by atoms with Gasteiger partial charge in [-0.1, -0.05) is 87.4 Å². The van der Waals surface area contributed by atoms with Gasteiger partial charge >= 0.3 is 99.2 Å². The summed E-state index contributed by atoms with van der Waals surface area (Å²) in [6.45, 7) is 8.67. The summed E-state index contributed by atoms with van der Waals surface area (Å²) in [6.07, 6.45) is 15.6. The van der Waals surface area contributed by atoms with E-state index in [2.05, 4.69) is 167 Å². The molecule has 0 bridgehead atoms. The Labute approximate surface area is 269 Å². The molecule has 1 atom stereocenters. The Morgan fingerprint density at radius 2 is 1.10 bits per heavy atom. The average Bonchev–Trinajstić information content (AvgIpc) is 3.72. The van der Waals surface area contributed by atoms with E-state index in [9.17, 15) is 0 Å². The summed E-state index contributed by atoms with van der Waals surface area (Å²) >= 11 is 1.46. The fraction of sp³-hybridized carbons (Fsp3) is 0.195. The van der Waals surface area contributed by atoms with Gasteiger partial charge in [-0.2, -0.15) is 17.2 Å². The molecule has 0 fully saturated rings. The van der Waals surface area contributed by atoms with Gasteiger partial charge in [-0.15, -0.1) is 13.3 Å². The van der Waals surface area contributed by atoms with Gasteiger partial charge in [0.15, 0.2) is 0 Å². The SMILES string of the molecule is CC1=[C-]C(C)C(C)=C1C.[C-]1=CC=CC1.[Zr+2]=[C](c1ccccc1)c1ccccc1.c1ccc(CCc2ccccc2)cc1. The van der Waals surface area contributed by atoms with Gasteiger partial charge in [0.25, 0.3) is 0 Å². The molecule has 4 aromatic carbocycles. The minimum atomic E-state index is 0.560. The van der Waals surface area contributed by atoms with Crippen LogP contribution in [0.3, 0.4) is 0 Å². The maximum atomic E-state index is 3.36. The molecule has 42 heavy (non-hydrogen) atoms. The van der Waals surface area contributed by atoms with Crippen molar-refractivity contribution in [1.29, 1.82) is 0 Å². The Morgan fingerprint density at radius 1 is 0.667 bits per heavy atom. The largest absolute Gasteiger partial charge is 0.0622 e. The molecule has 2 aliphatic carbocycles. The van der Waals surface area contributed by atoms with Crippen molar-refractivity contribution in [3.05, 3.63) is 191 Å². The summed E-state index contributed by atoms with van der Waals surface area (Å²) in [5.74, 6) is 0.560. The molecule has 1 heteroatoms. The third-order valence-electron chi connectivity index (χ3n) is 7.34. The zero-order valence-corrected chi connectivity index (χ0v) is 27.9. The van der Waals surface area contributed by atoms with Gasteiger partial charge in [0.2, 0.25) is 0 Å². The van der Waals surface area contributed by atoms with E-state index in [0.29, 0.717) is 5.92 Å². The second-order valence-electron chi connectivity index (χ2n) is 10.4. The van der Waals surface area contributed by atoms with Crippen LogP contribution in [0.25, 0.3) is 0 Å². The van der Waals surface area contributed by atoms with Crippen molar-refractivity contribution in [3.63, 3.8) is 0 Å². The molecule has 0 N–H and O–H groups in total. The first-order valence-electron chi connectivity index (χ1n) is 14.7. The third-order valence-corrected chi connectivity index (χ3v) is 8.75. The van der Waals surface area contributed by atoms with Crippen LogP contribution >= 0.6 is 0 Å². The van der Waals surface area contributed by atoms with Crippen LogP contribution in [0.15, 0.2) is 156 Å². The molecule has 0 saturated carbocycles. The number of allylic oxidation sites excluding steroid dienone is 8. The van der Waals surface area contributed by atoms with E-state index in [1.54, 1.807) is 0 Å². The van der Waals surface area contributed by atoms with E-state index in [0.717, 1.165) is 19.3 Å². The van der Waals surface area contributed by atoms with E-state index in [4.69, 9.17) is 0 Å². The third kappa shape index (κ3) is 11.8. The van der Waals surface area contributed by atoms with Crippen molar-refractivity contribution < 1.29 is 24.2 Å². The summed E-state index contributed by atoms with van der Waals surface area (Å²) in [5, 5.41) is 0. The average molecular weight is 626 g/mol. The second-order valence-corrected chi connectivity index (χ2v) is 11.6. The first kappa shape index (κ1) is 33.1. The van der Waals surface area contributed by atoms with Gasteiger partial charge in [0.1, 0.15) is 0 Å². The van der Waals surface area contributed by atoms with Crippen molar-refractivity contribution in [2.45, 2.75) is 47.0 Å². The molecule has 0 aromatic heterocycles. The van der Waals surface area contributed by atoms with E-state index in [-0.39, 0.29) is 0 Å². The van der Waals surface area contributed by atoms with Crippen molar-refractivity contribution in [3.8, 4) is 0 Å². The van der Waals surface area contributed by atoms with Gasteiger partial charge in [-0.05, 0) is 24.0 Å². The molecule has 210 valence electrons. The molecule has 0 heterocycles. The summed E-state index contributed by atoms with van der Waals surface area (Å²) in [7, 11) is 0. The maximum Gasteiger partial charge on any atom is -0.0238 e. The van der Waals surface area contributed by atoms with Crippen LogP contribution in [0, 0.1) is 18.1 Å². The molecule has 0 saturated heterocycles. The number of benzene rings is 4. The second kappa shape index (κ2) is 18.9. The Bertz CT molecular complexity index is 1370. The van der Waals surface area contributed by atoms with Gasteiger partial charge in [-0.3, -0.25) is 12.2 Å². The molecule has 4 aromatic rings. The number of hydrogen-bond acceptors (Lipinski definition) is 0. The monoisotopic (exact) mass is 624 g/mol. The number of rotatable bonds is 5. The summed E-state index contributed by atoms with van der Waals surface area (Å²) in [5.41, 5.74) is 9.73. The zero-order chi connectivity index (χ0) is 30.0. The van der Waals surface area contributed by atoms with Crippen LogP contribution in [-0.4, -0.2) is 3.21 Å². The molecular weight excluding hydrogens is 584 g/mol. The molecule has 6 rings (SSSR count). The van der Waals surface area contributed by atoms with Gasteiger partial charge < -0.3 is 0 Å². The molecule has 0 nitrogen and oxygen atoms in total. The Morgan fingerprint density at radius 3 is 1.36 bits per heavy atom. The smallest absolute Gasteiger partial charge is 0.0238 e. The molecule has 1 unspecified atom stereocenters. The normalized spacial score (nSPS) is 14.5. The van der Waals surface area contributed by atoms with Gasteiger partial charge in [0, 0.05) is 0 Å². The van der Waals surface area contributed by atoms with Crippen LogP contribution in [0.5, 0.6) is 0 Å². The first-order valence-corrected chi connectivity index (χ1v) is 16.0. The van der Waals surface area contributed by atoms with E-state index >= 15 is 0 Å². The van der Waals surface area contributed by atoms with Crippen LogP contribution < -0.4 is 0 Å². The fourth-order valence-corrected chi connectivity index (χ4v) is 5.28. The summed E-state index contributed by atoms with van der Waals surface area (Å²) < 4.78 is 1.42. The van der Waals surface area contributed by atoms with E-state index in [1.807, 2.05) is 12.2 Å². The quantitative estimate of drug-likeness (QED) is 0.194. The molecule has 0 spiro atoms. The number of hydrogen-bond donors (Lipinski definition) is 0. The molecule has 2 aliphatic rings. The maximum absolute atomic E-state index is 3.36. The first-order chi connectivity index (χ1) is 20.5. The van der Waals surface area contributed by atoms with Gasteiger partial charge in [-0.25, -0.2) is 17.7 Å². The summed E-state index contributed by atoms with van der Waals surface area (Å²) in [4.78, 5) is 0. The molecular formula is C41H42Zr. The van der Waals surface area contributed by atoms with E-state index in [1.165, 1.54) is 66.4 Å². The standard InChI is InChI=1S/C14H14.C13H10.C9H13.C5H5.Zr/c1-3-7-13(8-4-1)11-12-14-9-5-2-6-10-14;1-3-7-12(8-4-1)11-13-9-5-2-6-10-13;1-6-5-7(2)9(4)8(6)3;1-2-4-5-3-1;/h1-10H,11-12H2;1-10H;6H,1-4H3;1-3H,4H2;/q;;2*-1;+2. The Kier molecular flexibility index (Phi) is 14.9. The Hall–Kier alpha value is -3.41. The van der Waals surface area contributed by atoms with E-state index < -0.39 is 0 Å². The van der Waals surface area contributed by atoms with Crippen molar-refractivity contribution in [1.82, 2.24) is 0 Å². The minimum absolute atomic E-state index is 0.560. The predicted octanol–water partition coefficient (Wildman–Crippen LogP) is 10.3. The van der Waals surface area contributed by atoms with Crippen LogP contribution in [0.4, 0.5) is 0 Å². The molecule has 0 aliphatic heterocycles. The van der Waals surface area contributed by atoms with Crippen LogP contribution in [-0.2, 0) is 37.1 Å². The summed E-state index contributed by atoms with van der Waals surface area (Å²) in [6, 6.07) is 42.4. The predicted molar refractivity (Wildman–Crippen MR) is 178 cm³/mol. The van der Waals surface area contributed by atoms with Crippen LogP contribution in [0.2, 0.25) is 0 Å². The molecule has 0 amide bonds. The van der Waals surface area contributed by atoms with Crippen molar-refractivity contribution >= 4 is 3.21 Å². The fourth-order valence-electron chi connectivity index (χ4n) is 4.46. The minimum Gasteiger partial charge on any atom is -0.0622 e.